The number of amides is 1. The number of hydrogen-bond donors (Lipinski definition) is 3. The highest BCUT2D eigenvalue weighted by Gasteiger charge is 2.26. The lowest BCUT2D eigenvalue weighted by Gasteiger charge is -2.35. The molecule has 1 aromatic rings. The van der Waals surface area contributed by atoms with E-state index in [1.54, 1.807) is 0 Å². The predicted octanol–water partition coefficient (Wildman–Crippen LogP) is 0.428. The van der Waals surface area contributed by atoms with Gasteiger partial charge in [0, 0.05) is 13.1 Å². The largest absolute Gasteiger partial charge is 0.397 e. The van der Waals surface area contributed by atoms with Crippen molar-refractivity contribution in [3.05, 3.63) is 24.0 Å². The van der Waals surface area contributed by atoms with Gasteiger partial charge in [-0.25, -0.2) is 4.39 Å². The van der Waals surface area contributed by atoms with Crippen LogP contribution >= 0.6 is 0 Å². The number of hydrogen-bond acceptors (Lipinski definition) is 5. The predicted molar refractivity (Wildman–Crippen MR) is 77.3 cm³/mol. The van der Waals surface area contributed by atoms with E-state index in [9.17, 15) is 9.18 Å². The summed E-state index contributed by atoms with van der Waals surface area (Å²) in [6.45, 7) is 3.09. The molecule has 1 amide bonds. The molecule has 6 nitrogen and oxygen atoms in total. The number of carbonyl (C=O) groups is 1. The first-order valence-corrected chi connectivity index (χ1v) is 6.81. The van der Waals surface area contributed by atoms with E-state index in [2.05, 4.69) is 5.32 Å². The molecule has 0 bridgehead atoms. The highest BCUT2D eigenvalue weighted by molar-refractivity contribution is 5.95. The van der Waals surface area contributed by atoms with Crippen LogP contribution in [0.25, 0.3) is 0 Å². The number of rotatable bonds is 4. The Balaban J connectivity index is 1.92. The van der Waals surface area contributed by atoms with E-state index in [1.807, 2.05) is 11.8 Å². The number of aliphatic hydroxyl groups is 1. The average molecular weight is 297 g/mol. The number of benzene rings is 1. The van der Waals surface area contributed by atoms with Crippen LogP contribution in [0.15, 0.2) is 18.2 Å². The molecule has 0 spiro atoms. The lowest BCUT2D eigenvalue weighted by Crippen LogP contribution is -2.50. The molecule has 1 saturated heterocycles. The molecule has 21 heavy (non-hydrogen) atoms. The molecule has 4 N–H and O–H groups in total. The SMILES string of the molecule is CC1CN(CC(=O)Nc2ccc(F)cc2N)CC(CO)O1. The van der Waals surface area contributed by atoms with Gasteiger partial charge in [0.1, 0.15) is 5.82 Å². The van der Waals surface area contributed by atoms with Crippen molar-refractivity contribution in [1.29, 1.82) is 0 Å². The number of carbonyl (C=O) groups excluding carboxylic acids is 1. The summed E-state index contributed by atoms with van der Waals surface area (Å²) in [5, 5.41) is 11.8. The van der Waals surface area contributed by atoms with Gasteiger partial charge in [-0.3, -0.25) is 9.69 Å². The second-order valence-corrected chi connectivity index (χ2v) is 5.23. The Morgan fingerprint density at radius 2 is 2.33 bits per heavy atom. The van der Waals surface area contributed by atoms with Gasteiger partial charge in [-0.15, -0.1) is 0 Å². The van der Waals surface area contributed by atoms with Crippen molar-refractivity contribution in [2.24, 2.45) is 0 Å². The summed E-state index contributed by atoms with van der Waals surface area (Å²) in [6.07, 6.45) is -0.322. The lowest BCUT2D eigenvalue weighted by atomic mass is 10.2. The molecule has 7 heteroatoms. The minimum atomic E-state index is -0.446. The summed E-state index contributed by atoms with van der Waals surface area (Å²) in [7, 11) is 0. The van der Waals surface area contributed by atoms with Crippen LogP contribution in [0.2, 0.25) is 0 Å². The van der Waals surface area contributed by atoms with E-state index >= 15 is 0 Å². The van der Waals surface area contributed by atoms with Crippen LogP contribution < -0.4 is 11.1 Å². The Hall–Kier alpha value is -1.70. The standard InChI is InChI=1S/C14H20FN3O3/c1-9-5-18(6-11(8-19)21-9)7-14(20)17-13-3-2-10(15)4-12(13)16/h2-4,9,11,19H,5-8,16H2,1H3,(H,17,20). The average Bonchev–Trinajstić information content (AvgIpc) is 2.41. The van der Waals surface area contributed by atoms with Crippen LogP contribution in [0.4, 0.5) is 15.8 Å². The quantitative estimate of drug-likeness (QED) is 0.701. The van der Waals surface area contributed by atoms with Crippen LogP contribution in [0.3, 0.4) is 0 Å². The number of morpholine rings is 1. The zero-order valence-corrected chi connectivity index (χ0v) is 11.9. The van der Waals surface area contributed by atoms with Crippen molar-refractivity contribution in [2.45, 2.75) is 19.1 Å². The smallest absolute Gasteiger partial charge is 0.238 e. The first-order chi connectivity index (χ1) is 9.97. The van der Waals surface area contributed by atoms with Crippen LogP contribution in [-0.2, 0) is 9.53 Å². The van der Waals surface area contributed by atoms with Gasteiger partial charge in [-0.05, 0) is 25.1 Å². The zero-order chi connectivity index (χ0) is 15.4. The first kappa shape index (κ1) is 15.7. The Bertz CT molecular complexity index is 512. The number of halogens is 1. The normalized spacial score (nSPS) is 23.0. The number of anilines is 2. The molecule has 0 aliphatic carbocycles. The second kappa shape index (κ2) is 6.84. The maximum absolute atomic E-state index is 12.9. The van der Waals surface area contributed by atoms with Gasteiger partial charge in [0.15, 0.2) is 0 Å². The van der Waals surface area contributed by atoms with Crippen molar-refractivity contribution in [3.8, 4) is 0 Å². The highest BCUT2D eigenvalue weighted by Crippen LogP contribution is 2.19. The van der Waals surface area contributed by atoms with E-state index in [1.165, 1.54) is 12.1 Å². The number of nitrogens with two attached hydrogens (primary N) is 1. The maximum Gasteiger partial charge on any atom is 0.238 e. The van der Waals surface area contributed by atoms with Gasteiger partial charge in [0.25, 0.3) is 0 Å². The molecule has 1 aromatic carbocycles. The summed E-state index contributed by atoms with van der Waals surface area (Å²) in [5.41, 5.74) is 6.22. The fourth-order valence-electron chi connectivity index (χ4n) is 2.41. The van der Waals surface area contributed by atoms with E-state index in [0.29, 0.717) is 18.8 Å². The van der Waals surface area contributed by atoms with Gasteiger partial charge in [0.2, 0.25) is 5.91 Å². The summed E-state index contributed by atoms with van der Waals surface area (Å²) in [6, 6.07) is 3.83. The summed E-state index contributed by atoms with van der Waals surface area (Å²) in [4.78, 5) is 13.9. The van der Waals surface area contributed by atoms with E-state index in [0.717, 1.165) is 6.07 Å². The van der Waals surface area contributed by atoms with E-state index in [-0.39, 0.29) is 37.0 Å². The monoisotopic (exact) mass is 297 g/mol. The number of nitrogen functional groups attached to an aromatic ring is 1. The molecule has 0 saturated carbocycles. The topological polar surface area (TPSA) is 87.8 Å². The summed E-state index contributed by atoms with van der Waals surface area (Å²) in [5.74, 6) is -0.683. The molecule has 2 atom stereocenters. The molecule has 1 aliphatic rings. The molecule has 0 aromatic heterocycles. The molecule has 2 unspecified atom stereocenters. The molecular formula is C14H20FN3O3. The molecule has 116 valence electrons. The third-order valence-corrected chi connectivity index (χ3v) is 3.26. The molecule has 1 aliphatic heterocycles. The number of ether oxygens (including phenoxy) is 1. The highest BCUT2D eigenvalue weighted by atomic mass is 19.1. The Kier molecular flexibility index (Phi) is 5.11. The molecule has 0 radical (unpaired) electrons. The van der Waals surface area contributed by atoms with Gasteiger partial charge in [0.05, 0.1) is 36.7 Å². The minimum absolute atomic E-state index is 0.0420. The lowest BCUT2D eigenvalue weighted by molar-refractivity contribution is -0.124. The summed E-state index contributed by atoms with van der Waals surface area (Å²) < 4.78 is 18.5. The zero-order valence-electron chi connectivity index (χ0n) is 11.9. The minimum Gasteiger partial charge on any atom is -0.397 e. The Morgan fingerprint density at radius 3 is 3.00 bits per heavy atom. The van der Waals surface area contributed by atoms with Crippen molar-refractivity contribution in [1.82, 2.24) is 4.90 Å². The van der Waals surface area contributed by atoms with Crippen LogP contribution in [0.5, 0.6) is 0 Å². The van der Waals surface area contributed by atoms with Gasteiger partial charge < -0.3 is 20.9 Å². The molecule has 1 heterocycles. The third-order valence-electron chi connectivity index (χ3n) is 3.26. The number of nitrogens with zero attached hydrogens (tertiary/aromatic N) is 1. The van der Waals surface area contributed by atoms with Gasteiger partial charge in [-0.2, -0.15) is 0 Å². The van der Waals surface area contributed by atoms with Crippen molar-refractivity contribution < 1.29 is 19.0 Å². The van der Waals surface area contributed by atoms with Crippen LogP contribution in [-0.4, -0.2) is 54.4 Å². The van der Waals surface area contributed by atoms with Crippen LogP contribution in [0, 0.1) is 5.82 Å². The van der Waals surface area contributed by atoms with Crippen molar-refractivity contribution in [2.75, 3.05) is 37.3 Å². The number of nitrogens with one attached hydrogen (secondary N) is 1. The molecule has 1 fully saturated rings. The maximum atomic E-state index is 12.9. The van der Waals surface area contributed by atoms with Gasteiger partial charge in [-0.1, -0.05) is 0 Å². The van der Waals surface area contributed by atoms with E-state index < -0.39 is 5.82 Å². The Morgan fingerprint density at radius 1 is 1.57 bits per heavy atom. The van der Waals surface area contributed by atoms with Crippen molar-refractivity contribution in [3.63, 3.8) is 0 Å². The molecule has 2 rings (SSSR count). The first-order valence-electron chi connectivity index (χ1n) is 6.81. The Labute approximate surface area is 122 Å². The fraction of sp³-hybridized carbons (Fsp3) is 0.500. The summed E-state index contributed by atoms with van der Waals surface area (Å²) >= 11 is 0. The van der Waals surface area contributed by atoms with Gasteiger partial charge >= 0.3 is 0 Å². The fourth-order valence-corrected chi connectivity index (χ4v) is 2.41. The van der Waals surface area contributed by atoms with Crippen molar-refractivity contribution >= 4 is 17.3 Å². The van der Waals surface area contributed by atoms with Crippen LogP contribution in [0.1, 0.15) is 6.92 Å². The molecular weight excluding hydrogens is 277 g/mol. The second-order valence-electron chi connectivity index (χ2n) is 5.23. The number of aliphatic hydroxyl groups excluding tert-OH is 1. The third kappa shape index (κ3) is 4.38. The van der Waals surface area contributed by atoms with E-state index in [4.69, 9.17) is 15.6 Å².